The molecular weight excluding hydrogens is 282 g/mol. The van der Waals surface area contributed by atoms with Gasteiger partial charge in [-0.05, 0) is 15.5 Å². The van der Waals surface area contributed by atoms with E-state index >= 15 is 0 Å². The molecule has 0 atom stereocenters. The van der Waals surface area contributed by atoms with Crippen LogP contribution < -0.4 is 0 Å². The molecule has 0 aromatic carbocycles. The third-order valence-corrected chi connectivity index (χ3v) is 6.04. The number of hydrogen-bond donors (Lipinski definition) is 0. The van der Waals surface area contributed by atoms with Crippen LogP contribution in [-0.4, -0.2) is 15.5 Å². The van der Waals surface area contributed by atoms with Crippen molar-refractivity contribution in [3.05, 3.63) is 0 Å². The van der Waals surface area contributed by atoms with E-state index in [4.69, 9.17) is 0 Å². The number of rotatable bonds is 0. The minimum absolute atomic E-state index is 0. The fraction of sp³-hybridized carbons (Fsp3) is 1.00. The molecule has 0 bridgehead atoms. The van der Waals surface area contributed by atoms with Gasteiger partial charge in [0.25, 0.3) is 0 Å². The first-order valence-electron chi connectivity index (χ1n) is 5.17. The van der Waals surface area contributed by atoms with Crippen LogP contribution >= 0.6 is 7.92 Å². The maximum Gasteiger partial charge on any atom is 0 e. The molecule has 0 aliphatic heterocycles. The van der Waals surface area contributed by atoms with Crippen LogP contribution in [0.4, 0.5) is 0 Å². The van der Waals surface area contributed by atoms with Crippen molar-refractivity contribution in [1.29, 1.82) is 0 Å². The Hall–Kier alpha value is 1.09. The Balaban J connectivity index is 0. The van der Waals surface area contributed by atoms with E-state index in [0.29, 0.717) is 15.5 Å². The number of hydrogen-bond acceptors (Lipinski definition) is 0. The summed E-state index contributed by atoms with van der Waals surface area (Å²) in [7, 11) is 0.0162. The third kappa shape index (κ3) is 5.25. The molecule has 0 aliphatic carbocycles. The van der Waals surface area contributed by atoms with Gasteiger partial charge in [0.15, 0.2) is 0 Å². The molecule has 0 saturated carbocycles. The summed E-state index contributed by atoms with van der Waals surface area (Å²) in [4.78, 5) is 0. The van der Waals surface area contributed by atoms with Gasteiger partial charge >= 0.3 is 0 Å². The van der Waals surface area contributed by atoms with Crippen molar-refractivity contribution < 1.29 is 20.4 Å². The predicted molar refractivity (Wildman–Crippen MR) is 66.2 cm³/mol. The first-order chi connectivity index (χ1) is 5.37. The summed E-state index contributed by atoms with van der Waals surface area (Å²) in [5, 5.41) is 1.35. The van der Waals surface area contributed by atoms with Gasteiger partial charge in [0, 0.05) is 20.4 Å². The van der Waals surface area contributed by atoms with E-state index < -0.39 is 0 Å². The molecule has 0 amide bonds. The molecule has 0 spiro atoms. The first kappa shape index (κ1) is 17.5. The first-order valence-corrected chi connectivity index (χ1v) is 6.51. The summed E-state index contributed by atoms with van der Waals surface area (Å²) in [6.45, 7) is 21.5. The van der Waals surface area contributed by atoms with Gasteiger partial charge in [0.2, 0.25) is 0 Å². The maximum absolute atomic E-state index is 2.38. The summed E-state index contributed by atoms with van der Waals surface area (Å²) >= 11 is 0. The van der Waals surface area contributed by atoms with Crippen molar-refractivity contribution in [3.63, 3.8) is 0 Å². The van der Waals surface area contributed by atoms with E-state index in [1.165, 1.54) is 0 Å². The van der Waals surface area contributed by atoms with Gasteiger partial charge in [-0.25, -0.2) is 0 Å². The van der Waals surface area contributed by atoms with E-state index in [2.05, 4.69) is 62.3 Å². The largest absolute Gasteiger partial charge is 0.0901 e. The minimum atomic E-state index is 0. The Morgan fingerprint density at radius 1 is 0.500 bits per heavy atom. The zero-order valence-electron chi connectivity index (χ0n) is 11.3. The van der Waals surface area contributed by atoms with Crippen molar-refractivity contribution in [2.75, 3.05) is 0 Å². The van der Waals surface area contributed by atoms with Crippen LogP contribution in [0.1, 0.15) is 62.3 Å². The van der Waals surface area contributed by atoms with Crippen LogP contribution in [0.25, 0.3) is 0 Å². The van der Waals surface area contributed by atoms with E-state index in [1.807, 2.05) is 0 Å². The summed E-state index contributed by atoms with van der Waals surface area (Å²) < 4.78 is 0. The van der Waals surface area contributed by atoms with E-state index in [9.17, 15) is 0 Å². The van der Waals surface area contributed by atoms with Gasteiger partial charge in [-0.3, -0.25) is 0 Å². The van der Waals surface area contributed by atoms with Gasteiger partial charge in [0.05, 0.1) is 0 Å². The second kappa shape index (κ2) is 4.95. The maximum atomic E-state index is 2.38. The molecule has 0 aliphatic rings. The molecule has 14 heavy (non-hydrogen) atoms. The summed E-state index contributed by atoms with van der Waals surface area (Å²) in [6, 6.07) is 0. The fourth-order valence-corrected chi connectivity index (χ4v) is 9.06. The quantitative estimate of drug-likeness (QED) is 0.443. The van der Waals surface area contributed by atoms with Crippen molar-refractivity contribution in [2.45, 2.75) is 77.8 Å². The Labute approximate surface area is 106 Å². The second-order valence-corrected chi connectivity index (χ2v) is 11.5. The summed E-state index contributed by atoms with van der Waals surface area (Å²) in [5.41, 5.74) is 0. The Kier molecular flexibility index (Phi) is 6.18. The van der Waals surface area contributed by atoms with Crippen molar-refractivity contribution in [2.24, 2.45) is 0 Å². The molecule has 2 heteroatoms. The summed E-state index contributed by atoms with van der Waals surface area (Å²) in [6.07, 6.45) is 0. The normalized spacial score (nSPS) is 14.1. The van der Waals surface area contributed by atoms with Crippen LogP contribution in [0.2, 0.25) is 0 Å². The molecule has 0 aromatic heterocycles. The molecule has 0 heterocycles. The SMILES string of the molecule is CC(C)(C)P(C(C)(C)C)C(C)(C)C.[Pd]. The Morgan fingerprint density at radius 3 is 0.643 bits per heavy atom. The van der Waals surface area contributed by atoms with Crippen LogP contribution in [0.5, 0.6) is 0 Å². The molecule has 0 nitrogen and oxygen atoms in total. The monoisotopic (exact) mass is 308 g/mol. The molecule has 0 rings (SSSR count). The van der Waals surface area contributed by atoms with Gasteiger partial charge in [-0.15, -0.1) is 0 Å². The molecular formula is C12H27PPd. The van der Waals surface area contributed by atoms with Crippen molar-refractivity contribution >= 4 is 7.92 Å². The Bertz CT molecular complexity index is 133. The zero-order valence-corrected chi connectivity index (χ0v) is 13.7. The van der Waals surface area contributed by atoms with Crippen molar-refractivity contribution in [3.8, 4) is 0 Å². The van der Waals surface area contributed by atoms with Crippen LogP contribution in [0.3, 0.4) is 0 Å². The predicted octanol–water partition coefficient (Wildman–Crippen LogP) is 4.86. The van der Waals surface area contributed by atoms with Crippen LogP contribution in [0, 0.1) is 0 Å². The van der Waals surface area contributed by atoms with Gasteiger partial charge in [-0.2, -0.15) is 0 Å². The standard InChI is InChI=1S/C12H27P.Pd/c1-10(2,3)13(11(4,5)6)12(7,8)9;/h1-9H3;. The fourth-order valence-electron chi connectivity index (χ4n) is 3.02. The van der Waals surface area contributed by atoms with Gasteiger partial charge < -0.3 is 0 Å². The average Bonchev–Trinajstić information content (AvgIpc) is 1.44. The topological polar surface area (TPSA) is 0 Å². The van der Waals surface area contributed by atoms with Crippen molar-refractivity contribution in [1.82, 2.24) is 0 Å². The molecule has 0 radical (unpaired) electrons. The molecule has 0 N–H and O–H groups in total. The van der Waals surface area contributed by atoms with E-state index in [-0.39, 0.29) is 28.3 Å². The Morgan fingerprint density at radius 2 is 0.643 bits per heavy atom. The molecule has 0 aromatic rings. The summed E-state index contributed by atoms with van der Waals surface area (Å²) in [5.74, 6) is 0. The smallest absolute Gasteiger partial charge is 0 e. The van der Waals surface area contributed by atoms with Gasteiger partial charge in [0.1, 0.15) is 0 Å². The van der Waals surface area contributed by atoms with E-state index in [0.717, 1.165) is 0 Å². The molecule has 0 saturated heterocycles. The van der Waals surface area contributed by atoms with Crippen LogP contribution in [0.15, 0.2) is 0 Å². The third-order valence-electron chi connectivity index (χ3n) is 2.01. The molecule has 90 valence electrons. The van der Waals surface area contributed by atoms with Gasteiger partial charge in [-0.1, -0.05) is 70.2 Å². The van der Waals surface area contributed by atoms with Crippen LogP contribution in [-0.2, 0) is 20.4 Å². The second-order valence-electron chi connectivity index (χ2n) is 6.85. The minimum Gasteiger partial charge on any atom is -0.0901 e. The molecule has 0 unspecified atom stereocenters. The zero-order chi connectivity index (χ0) is 11.1. The average molecular weight is 309 g/mol. The van der Waals surface area contributed by atoms with E-state index in [1.54, 1.807) is 0 Å². The molecule has 0 fully saturated rings.